The van der Waals surface area contributed by atoms with Crippen LogP contribution in [0.15, 0.2) is 35.4 Å². The molecule has 2 aromatic rings. The van der Waals surface area contributed by atoms with Crippen LogP contribution in [0.3, 0.4) is 0 Å². The minimum Gasteiger partial charge on any atom is -0.454 e. The molecule has 0 fully saturated rings. The number of aromatic nitrogens is 2. The van der Waals surface area contributed by atoms with Gasteiger partial charge in [0.2, 0.25) is 6.79 Å². The summed E-state index contributed by atoms with van der Waals surface area (Å²) in [5.74, 6) is 1.41. The molecule has 3 rings (SSSR count). The molecule has 1 aliphatic rings. The van der Waals surface area contributed by atoms with Gasteiger partial charge in [-0.3, -0.25) is 9.36 Å². The van der Waals surface area contributed by atoms with E-state index in [0.717, 1.165) is 11.3 Å². The Hall–Kier alpha value is -2.34. The number of hydrogen-bond acceptors (Lipinski definition) is 5. The van der Waals surface area contributed by atoms with Crippen molar-refractivity contribution in [2.24, 2.45) is 5.73 Å². The third-order valence-corrected chi connectivity index (χ3v) is 3.23. The normalized spacial score (nSPS) is 14.3. The van der Waals surface area contributed by atoms with E-state index >= 15 is 0 Å². The van der Waals surface area contributed by atoms with Crippen LogP contribution in [-0.2, 0) is 6.54 Å². The van der Waals surface area contributed by atoms with Gasteiger partial charge in [-0.25, -0.2) is 4.98 Å². The summed E-state index contributed by atoms with van der Waals surface area (Å²) in [6, 6.07) is 6.73. The number of aryl methyl sites for hydroxylation is 1. The predicted molar refractivity (Wildman–Crippen MR) is 72.7 cm³/mol. The fourth-order valence-electron chi connectivity index (χ4n) is 2.11. The fourth-order valence-corrected chi connectivity index (χ4v) is 2.11. The topological polar surface area (TPSA) is 79.4 Å². The summed E-state index contributed by atoms with van der Waals surface area (Å²) in [5.41, 5.74) is 7.63. The van der Waals surface area contributed by atoms with Gasteiger partial charge < -0.3 is 15.2 Å². The van der Waals surface area contributed by atoms with E-state index in [-0.39, 0.29) is 18.4 Å². The maximum absolute atomic E-state index is 11.8. The summed E-state index contributed by atoms with van der Waals surface area (Å²) in [6.07, 6.45) is 1.52. The molecule has 1 aromatic heterocycles. The van der Waals surface area contributed by atoms with Crippen LogP contribution in [0.5, 0.6) is 11.5 Å². The van der Waals surface area contributed by atoms with Crippen molar-refractivity contribution in [3.63, 3.8) is 0 Å². The Morgan fingerprint density at radius 1 is 1.35 bits per heavy atom. The SMILES string of the molecule is Cc1cc(=O)n(CC(N)c2ccc3c(c2)OCO3)cn1. The van der Waals surface area contributed by atoms with E-state index in [9.17, 15) is 4.79 Å². The molecule has 20 heavy (non-hydrogen) atoms. The number of rotatable bonds is 3. The molecule has 0 amide bonds. The summed E-state index contributed by atoms with van der Waals surface area (Å²) in [7, 11) is 0. The van der Waals surface area contributed by atoms with E-state index < -0.39 is 0 Å². The van der Waals surface area contributed by atoms with Crippen molar-refractivity contribution >= 4 is 0 Å². The summed E-state index contributed by atoms with van der Waals surface area (Å²) in [6.45, 7) is 2.38. The van der Waals surface area contributed by atoms with E-state index in [2.05, 4.69) is 4.98 Å². The third-order valence-electron chi connectivity index (χ3n) is 3.23. The summed E-state index contributed by atoms with van der Waals surface area (Å²) in [4.78, 5) is 15.9. The Bertz CT molecular complexity index is 696. The molecule has 0 radical (unpaired) electrons. The van der Waals surface area contributed by atoms with Gasteiger partial charge in [0.25, 0.3) is 5.56 Å². The Balaban J connectivity index is 1.82. The van der Waals surface area contributed by atoms with Gasteiger partial charge in [0.05, 0.1) is 6.33 Å². The lowest BCUT2D eigenvalue weighted by Gasteiger charge is -2.14. The van der Waals surface area contributed by atoms with Gasteiger partial charge in [-0.2, -0.15) is 0 Å². The number of benzene rings is 1. The van der Waals surface area contributed by atoms with Crippen LogP contribution in [0.25, 0.3) is 0 Å². The standard InChI is InChI=1S/C14H15N3O3/c1-9-4-14(18)17(7-16-9)6-11(15)10-2-3-12-13(5-10)20-8-19-12/h2-5,7,11H,6,8,15H2,1H3. The van der Waals surface area contributed by atoms with Crippen LogP contribution in [0, 0.1) is 6.92 Å². The fraction of sp³-hybridized carbons (Fsp3) is 0.286. The molecule has 0 aliphatic carbocycles. The van der Waals surface area contributed by atoms with Gasteiger partial charge in [0.1, 0.15) is 0 Å². The molecule has 1 aliphatic heterocycles. The molecule has 2 heterocycles. The molecule has 0 saturated carbocycles. The molecule has 104 valence electrons. The molecule has 0 bridgehead atoms. The van der Waals surface area contributed by atoms with Crippen molar-refractivity contribution in [3.8, 4) is 11.5 Å². The van der Waals surface area contributed by atoms with Crippen LogP contribution in [-0.4, -0.2) is 16.3 Å². The zero-order chi connectivity index (χ0) is 14.1. The number of nitrogens with two attached hydrogens (primary N) is 1. The second kappa shape index (κ2) is 4.97. The molecule has 2 N–H and O–H groups in total. The second-order valence-electron chi connectivity index (χ2n) is 4.74. The van der Waals surface area contributed by atoms with E-state index in [0.29, 0.717) is 18.0 Å². The zero-order valence-corrected chi connectivity index (χ0v) is 11.1. The van der Waals surface area contributed by atoms with Crippen molar-refractivity contribution < 1.29 is 9.47 Å². The minimum absolute atomic E-state index is 0.103. The highest BCUT2D eigenvalue weighted by molar-refractivity contribution is 5.45. The van der Waals surface area contributed by atoms with Crippen molar-refractivity contribution in [2.75, 3.05) is 6.79 Å². The van der Waals surface area contributed by atoms with Gasteiger partial charge in [-0.1, -0.05) is 6.07 Å². The zero-order valence-electron chi connectivity index (χ0n) is 11.1. The molecular weight excluding hydrogens is 258 g/mol. The molecule has 1 atom stereocenters. The maximum atomic E-state index is 11.8. The third kappa shape index (κ3) is 2.37. The van der Waals surface area contributed by atoms with Gasteiger partial charge in [0.15, 0.2) is 11.5 Å². The first-order chi connectivity index (χ1) is 9.63. The van der Waals surface area contributed by atoms with Gasteiger partial charge >= 0.3 is 0 Å². The van der Waals surface area contributed by atoms with Crippen LogP contribution in [0.2, 0.25) is 0 Å². The number of fused-ring (bicyclic) bond motifs is 1. The van der Waals surface area contributed by atoms with Crippen molar-refractivity contribution in [1.29, 1.82) is 0 Å². The first-order valence-corrected chi connectivity index (χ1v) is 6.32. The average molecular weight is 273 g/mol. The Morgan fingerprint density at radius 2 is 2.15 bits per heavy atom. The molecule has 6 nitrogen and oxygen atoms in total. The maximum Gasteiger partial charge on any atom is 0.253 e. The highest BCUT2D eigenvalue weighted by Gasteiger charge is 2.16. The van der Waals surface area contributed by atoms with Crippen molar-refractivity contribution in [2.45, 2.75) is 19.5 Å². The quantitative estimate of drug-likeness (QED) is 0.901. The van der Waals surface area contributed by atoms with Crippen molar-refractivity contribution in [1.82, 2.24) is 9.55 Å². The van der Waals surface area contributed by atoms with Gasteiger partial charge in [-0.05, 0) is 24.6 Å². The second-order valence-corrected chi connectivity index (χ2v) is 4.74. The summed E-state index contributed by atoms with van der Waals surface area (Å²) in [5, 5.41) is 0. The monoisotopic (exact) mass is 273 g/mol. The smallest absolute Gasteiger partial charge is 0.253 e. The van der Waals surface area contributed by atoms with Gasteiger partial charge in [0, 0.05) is 24.3 Å². The van der Waals surface area contributed by atoms with E-state index in [1.807, 2.05) is 18.2 Å². The predicted octanol–water partition coefficient (Wildman–Crippen LogP) is 0.980. The van der Waals surface area contributed by atoms with Crippen LogP contribution in [0.1, 0.15) is 17.3 Å². The van der Waals surface area contributed by atoms with Crippen LogP contribution >= 0.6 is 0 Å². The Morgan fingerprint density at radius 3 is 2.95 bits per heavy atom. The minimum atomic E-state index is -0.313. The van der Waals surface area contributed by atoms with E-state index in [4.69, 9.17) is 15.2 Å². The molecule has 0 saturated heterocycles. The average Bonchev–Trinajstić information content (AvgIpc) is 2.89. The Kier molecular flexibility index (Phi) is 3.15. The lowest BCUT2D eigenvalue weighted by Crippen LogP contribution is -2.26. The number of hydrogen-bond donors (Lipinski definition) is 1. The number of ether oxygens (including phenoxy) is 2. The lowest BCUT2D eigenvalue weighted by molar-refractivity contribution is 0.174. The van der Waals surface area contributed by atoms with Crippen LogP contribution in [0.4, 0.5) is 0 Å². The highest BCUT2D eigenvalue weighted by Crippen LogP contribution is 2.33. The molecule has 1 unspecified atom stereocenters. The molecular formula is C14H15N3O3. The van der Waals surface area contributed by atoms with Crippen LogP contribution < -0.4 is 20.8 Å². The largest absolute Gasteiger partial charge is 0.454 e. The highest BCUT2D eigenvalue weighted by atomic mass is 16.7. The molecule has 6 heteroatoms. The van der Waals surface area contributed by atoms with E-state index in [1.165, 1.54) is 17.0 Å². The van der Waals surface area contributed by atoms with Gasteiger partial charge in [-0.15, -0.1) is 0 Å². The Labute approximate surface area is 115 Å². The van der Waals surface area contributed by atoms with E-state index in [1.54, 1.807) is 6.92 Å². The lowest BCUT2D eigenvalue weighted by atomic mass is 10.1. The first-order valence-electron chi connectivity index (χ1n) is 6.32. The van der Waals surface area contributed by atoms with Crippen molar-refractivity contribution in [3.05, 3.63) is 52.2 Å². The summed E-state index contributed by atoms with van der Waals surface area (Å²) < 4.78 is 12.1. The molecule has 1 aromatic carbocycles. The summed E-state index contributed by atoms with van der Waals surface area (Å²) >= 11 is 0. The first kappa shape index (κ1) is 12.7. The molecule has 0 spiro atoms. The number of nitrogens with zero attached hydrogens (tertiary/aromatic N) is 2.